The van der Waals surface area contributed by atoms with Crippen LogP contribution in [0.1, 0.15) is 23.6 Å². The molecule has 8 nitrogen and oxygen atoms in total. The van der Waals surface area contributed by atoms with Crippen molar-refractivity contribution in [1.82, 2.24) is 4.90 Å². The summed E-state index contributed by atoms with van der Waals surface area (Å²) in [5.41, 5.74) is 2.72. The zero-order valence-corrected chi connectivity index (χ0v) is 21.9. The summed E-state index contributed by atoms with van der Waals surface area (Å²) in [6.07, 6.45) is 1.64. The van der Waals surface area contributed by atoms with Crippen LogP contribution in [-0.2, 0) is 22.7 Å². The highest BCUT2D eigenvalue weighted by atomic mass is 35.5. The normalized spacial score (nSPS) is 15.5. The zero-order chi connectivity index (χ0) is 27.5. The van der Waals surface area contributed by atoms with Gasteiger partial charge in [-0.05, 0) is 71.7 Å². The molecule has 0 atom stereocenters. The monoisotopic (exact) mass is 542 g/mol. The summed E-state index contributed by atoms with van der Waals surface area (Å²) in [5, 5.41) is 10.4. The van der Waals surface area contributed by atoms with Gasteiger partial charge in [0.05, 0.1) is 13.7 Å². The number of rotatable bonds is 7. The van der Waals surface area contributed by atoms with Gasteiger partial charge in [0.1, 0.15) is 18.2 Å². The molecule has 2 aliphatic heterocycles. The molecule has 0 spiro atoms. The van der Waals surface area contributed by atoms with Crippen LogP contribution in [0.15, 0.2) is 77.4 Å². The highest BCUT2D eigenvalue weighted by Gasteiger charge is 2.35. The molecule has 0 unspecified atom stereocenters. The second-order valence-electron chi connectivity index (χ2n) is 8.88. The summed E-state index contributed by atoms with van der Waals surface area (Å²) in [6.45, 7) is 2.00. The molecule has 3 aromatic rings. The van der Waals surface area contributed by atoms with Gasteiger partial charge in [-0.25, -0.2) is 0 Å². The third kappa shape index (κ3) is 5.31. The lowest BCUT2D eigenvalue weighted by Gasteiger charge is -2.27. The molecule has 0 saturated heterocycles. The number of carbonyl (C=O) groups excluding carboxylic acids is 2. The number of fused-ring (bicyclic) bond motifs is 1. The molecule has 0 N–H and O–H groups in total. The summed E-state index contributed by atoms with van der Waals surface area (Å²) in [6, 6.07) is 19.7. The Morgan fingerprint density at radius 2 is 1.72 bits per heavy atom. The minimum absolute atomic E-state index is 0.0229. The molecule has 3 aromatic carbocycles. The SMILES string of the molecule is COc1cc(/C=C2/C(=O)N(Cc3ccc4c(c3)OCO4)C(=O)C(C#N)=C2C)ccc1OCc1ccc(Cl)cc1. The molecule has 2 heterocycles. The van der Waals surface area contributed by atoms with Crippen molar-refractivity contribution in [1.29, 1.82) is 5.26 Å². The second-order valence-corrected chi connectivity index (χ2v) is 9.32. The van der Waals surface area contributed by atoms with E-state index in [0.717, 1.165) is 10.5 Å². The van der Waals surface area contributed by atoms with Crippen LogP contribution < -0.4 is 18.9 Å². The molecule has 0 aliphatic carbocycles. The van der Waals surface area contributed by atoms with Crippen LogP contribution in [-0.4, -0.2) is 30.6 Å². The van der Waals surface area contributed by atoms with Crippen molar-refractivity contribution in [2.24, 2.45) is 0 Å². The van der Waals surface area contributed by atoms with E-state index < -0.39 is 11.8 Å². The Kier molecular flexibility index (Phi) is 7.26. The van der Waals surface area contributed by atoms with E-state index in [1.165, 1.54) is 7.11 Å². The van der Waals surface area contributed by atoms with Crippen LogP contribution in [0.2, 0.25) is 5.02 Å². The van der Waals surface area contributed by atoms with E-state index in [2.05, 4.69) is 0 Å². The number of nitriles is 1. The first-order chi connectivity index (χ1) is 18.9. The first kappa shape index (κ1) is 25.9. The number of imide groups is 1. The Bertz CT molecular complexity index is 1570. The molecule has 5 rings (SSSR count). The third-order valence-electron chi connectivity index (χ3n) is 6.41. The number of nitrogens with zero attached hydrogens (tertiary/aromatic N) is 2. The predicted molar refractivity (Wildman–Crippen MR) is 143 cm³/mol. The molecule has 0 radical (unpaired) electrons. The Labute approximate surface area is 230 Å². The van der Waals surface area contributed by atoms with Gasteiger partial charge in [0.15, 0.2) is 23.0 Å². The Morgan fingerprint density at radius 1 is 0.974 bits per heavy atom. The van der Waals surface area contributed by atoms with Gasteiger partial charge in [0.2, 0.25) is 6.79 Å². The van der Waals surface area contributed by atoms with Gasteiger partial charge in [-0.1, -0.05) is 35.9 Å². The number of methoxy groups -OCH3 is 1. The molecular weight excluding hydrogens is 520 g/mol. The van der Waals surface area contributed by atoms with E-state index in [1.807, 2.05) is 18.2 Å². The van der Waals surface area contributed by atoms with Gasteiger partial charge < -0.3 is 18.9 Å². The van der Waals surface area contributed by atoms with Crippen LogP contribution in [0.25, 0.3) is 6.08 Å². The average molecular weight is 543 g/mol. The van der Waals surface area contributed by atoms with Gasteiger partial charge in [-0.15, -0.1) is 0 Å². The smallest absolute Gasteiger partial charge is 0.271 e. The Hall–Kier alpha value is -4.74. The molecule has 0 aromatic heterocycles. The van der Waals surface area contributed by atoms with Crippen molar-refractivity contribution >= 4 is 29.5 Å². The molecule has 9 heteroatoms. The molecular formula is C30H23ClN2O6. The highest BCUT2D eigenvalue weighted by Crippen LogP contribution is 2.35. The summed E-state index contributed by atoms with van der Waals surface area (Å²) in [4.78, 5) is 27.7. The third-order valence-corrected chi connectivity index (χ3v) is 6.66. The minimum atomic E-state index is -0.640. The first-order valence-electron chi connectivity index (χ1n) is 12.0. The van der Waals surface area contributed by atoms with Crippen LogP contribution in [0.5, 0.6) is 23.0 Å². The number of hydrogen-bond donors (Lipinski definition) is 0. The van der Waals surface area contributed by atoms with Gasteiger partial charge in [0, 0.05) is 10.6 Å². The average Bonchev–Trinajstić information content (AvgIpc) is 3.42. The lowest BCUT2D eigenvalue weighted by Crippen LogP contribution is -2.42. The van der Waals surface area contributed by atoms with Gasteiger partial charge in [-0.2, -0.15) is 5.26 Å². The van der Waals surface area contributed by atoms with Gasteiger partial charge >= 0.3 is 0 Å². The summed E-state index contributed by atoms with van der Waals surface area (Å²) >= 11 is 5.95. The van der Waals surface area contributed by atoms with Crippen molar-refractivity contribution in [3.8, 4) is 29.1 Å². The molecule has 0 bridgehead atoms. The van der Waals surface area contributed by atoms with Crippen molar-refractivity contribution in [3.63, 3.8) is 0 Å². The number of benzene rings is 3. The largest absolute Gasteiger partial charge is 0.493 e. The van der Waals surface area contributed by atoms with Crippen LogP contribution >= 0.6 is 11.6 Å². The van der Waals surface area contributed by atoms with Crippen molar-refractivity contribution in [3.05, 3.63) is 99.1 Å². The minimum Gasteiger partial charge on any atom is -0.493 e. The van der Waals surface area contributed by atoms with Crippen molar-refractivity contribution in [2.45, 2.75) is 20.1 Å². The molecule has 39 heavy (non-hydrogen) atoms. The lowest BCUT2D eigenvalue weighted by atomic mass is 9.93. The second kappa shape index (κ2) is 10.9. The maximum atomic E-state index is 13.5. The first-order valence-corrected chi connectivity index (χ1v) is 12.4. The maximum absolute atomic E-state index is 13.5. The number of ether oxygens (including phenoxy) is 4. The summed E-state index contributed by atoms with van der Waals surface area (Å²) in [5.74, 6) is 0.984. The lowest BCUT2D eigenvalue weighted by molar-refractivity contribution is -0.141. The molecule has 0 fully saturated rings. The van der Waals surface area contributed by atoms with Crippen LogP contribution in [0, 0.1) is 11.3 Å². The fraction of sp³-hybridized carbons (Fsp3) is 0.167. The van der Waals surface area contributed by atoms with E-state index in [-0.39, 0.29) is 24.5 Å². The van der Waals surface area contributed by atoms with E-state index in [4.69, 9.17) is 30.5 Å². The summed E-state index contributed by atoms with van der Waals surface area (Å²) in [7, 11) is 1.53. The molecule has 196 valence electrons. The number of hydrogen-bond acceptors (Lipinski definition) is 7. The van der Waals surface area contributed by atoms with E-state index in [1.54, 1.807) is 61.5 Å². The van der Waals surface area contributed by atoms with Gasteiger partial charge in [-0.3, -0.25) is 14.5 Å². The van der Waals surface area contributed by atoms with Crippen molar-refractivity contribution in [2.75, 3.05) is 13.9 Å². The van der Waals surface area contributed by atoms with E-state index in [0.29, 0.717) is 51.3 Å². The van der Waals surface area contributed by atoms with E-state index in [9.17, 15) is 14.9 Å². The predicted octanol–water partition coefficient (Wildman–Crippen LogP) is 5.45. The van der Waals surface area contributed by atoms with Crippen LogP contribution in [0.3, 0.4) is 0 Å². The molecule has 0 saturated carbocycles. The van der Waals surface area contributed by atoms with Crippen molar-refractivity contribution < 1.29 is 28.5 Å². The number of halogens is 1. The quantitative estimate of drug-likeness (QED) is 0.289. The Morgan fingerprint density at radius 3 is 2.46 bits per heavy atom. The van der Waals surface area contributed by atoms with E-state index >= 15 is 0 Å². The number of amides is 2. The standard InChI is InChI=1S/C30H23ClN2O6/c1-18-23(11-20-5-9-25(27(12-20)36-2)37-16-19-3-7-22(31)8-4-19)29(34)33(30(35)24(18)14-32)15-21-6-10-26-28(13-21)39-17-38-26/h3-13H,15-17H2,1-2H3/b23-11+. The topological polar surface area (TPSA) is 98.1 Å². The molecule has 2 aliphatic rings. The Balaban J connectivity index is 1.42. The number of carbonyl (C=O) groups is 2. The molecule has 2 amide bonds. The van der Waals surface area contributed by atoms with Crippen LogP contribution in [0.4, 0.5) is 0 Å². The fourth-order valence-electron chi connectivity index (χ4n) is 4.30. The highest BCUT2D eigenvalue weighted by molar-refractivity contribution is 6.30. The summed E-state index contributed by atoms with van der Waals surface area (Å²) < 4.78 is 22.2. The maximum Gasteiger partial charge on any atom is 0.271 e. The van der Waals surface area contributed by atoms with Gasteiger partial charge in [0.25, 0.3) is 11.8 Å². The zero-order valence-electron chi connectivity index (χ0n) is 21.2. The fourth-order valence-corrected chi connectivity index (χ4v) is 4.42.